The van der Waals surface area contributed by atoms with Crippen LogP contribution in [0, 0.1) is 6.92 Å². The van der Waals surface area contributed by atoms with E-state index in [4.69, 9.17) is 10.2 Å². The van der Waals surface area contributed by atoms with Gasteiger partial charge in [0.25, 0.3) is 6.43 Å². The van der Waals surface area contributed by atoms with Crippen molar-refractivity contribution in [2.45, 2.75) is 19.4 Å². The maximum Gasteiger partial charge on any atom is 0.260 e. The summed E-state index contributed by atoms with van der Waals surface area (Å²) in [6.07, 6.45) is -1.22. The van der Waals surface area contributed by atoms with Crippen molar-refractivity contribution in [2.24, 2.45) is 5.73 Å². The third kappa shape index (κ3) is 1.57. The second kappa shape index (κ2) is 3.00. The highest BCUT2D eigenvalue weighted by molar-refractivity contribution is 5.18. The van der Waals surface area contributed by atoms with Crippen molar-refractivity contribution in [1.82, 2.24) is 0 Å². The Morgan fingerprint density at radius 1 is 1.55 bits per heavy atom. The van der Waals surface area contributed by atoms with Crippen molar-refractivity contribution >= 4 is 0 Å². The molecule has 1 unspecified atom stereocenters. The van der Waals surface area contributed by atoms with Crippen molar-refractivity contribution in [3.63, 3.8) is 0 Å². The topological polar surface area (TPSA) is 39.2 Å². The van der Waals surface area contributed by atoms with Crippen LogP contribution in [0.15, 0.2) is 16.7 Å². The number of hydrogen-bond acceptors (Lipinski definition) is 2. The van der Waals surface area contributed by atoms with E-state index in [-0.39, 0.29) is 5.76 Å². The Morgan fingerprint density at radius 2 is 2.18 bits per heavy atom. The van der Waals surface area contributed by atoms with Gasteiger partial charge in [-0.3, -0.25) is 0 Å². The predicted molar refractivity (Wildman–Crippen MR) is 36.4 cm³/mol. The lowest BCUT2D eigenvalue weighted by Gasteiger charge is -2.07. The standard InChI is InChI=1S/C7H9F2NO/c1-4-2-3-11-6(4)5(10)7(8)9/h2-3,5,7H,10H2,1H3. The second-order valence-corrected chi connectivity index (χ2v) is 2.33. The molecule has 0 bridgehead atoms. The Kier molecular flexibility index (Phi) is 2.24. The molecule has 0 radical (unpaired) electrons. The first-order valence-corrected chi connectivity index (χ1v) is 3.20. The van der Waals surface area contributed by atoms with Crippen LogP contribution in [0.5, 0.6) is 0 Å². The average molecular weight is 161 g/mol. The van der Waals surface area contributed by atoms with E-state index in [0.717, 1.165) is 0 Å². The van der Waals surface area contributed by atoms with E-state index in [2.05, 4.69) is 0 Å². The van der Waals surface area contributed by atoms with Gasteiger partial charge in [0.15, 0.2) is 0 Å². The maximum atomic E-state index is 12.0. The summed E-state index contributed by atoms with van der Waals surface area (Å²) in [5.41, 5.74) is 5.80. The lowest BCUT2D eigenvalue weighted by molar-refractivity contribution is 0.106. The first-order valence-electron chi connectivity index (χ1n) is 3.20. The maximum absolute atomic E-state index is 12.0. The number of rotatable bonds is 2. The lowest BCUT2D eigenvalue weighted by Crippen LogP contribution is -2.18. The van der Waals surface area contributed by atoms with Crippen molar-refractivity contribution in [3.05, 3.63) is 23.7 Å². The van der Waals surface area contributed by atoms with Gasteiger partial charge >= 0.3 is 0 Å². The summed E-state index contributed by atoms with van der Waals surface area (Å²) >= 11 is 0. The molecule has 11 heavy (non-hydrogen) atoms. The smallest absolute Gasteiger partial charge is 0.260 e. The Bertz CT molecular complexity index is 234. The van der Waals surface area contributed by atoms with Gasteiger partial charge in [-0.25, -0.2) is 8.78 Å². The van der Waals surface area contributed by atoms with Gasteiger partial charge in [0.2, 0.25) is 0 Å². The van der Waals surface area contributed by atoms with Gasteiger partial charge in [-0.1, -0.05) is 0 Å². The lowest BCUT2D eigenvalue weighted by atomic mass is 10.2. The highest BCUT2D eigenvalue weighted by atomic mass is 19.3. The summed E-state index contributed by atoms with van der Waals surface area (Å²) in [4.78, 5) is 0. The fraction of sp³-hybridized carbons (Fsp3) is 0.429. The Balaban J connectivity index is 2.84. The molecule has 4 heteroatoms. The normalized spacial score (nSPS) is 13.9. The summed E-state index contributed by atoms with van der Waals surface area (Å²) < 4.78 is 28.8. The van der Waals surface area contributed by atoms with E-state index in [1.807, 2.05) is 0 Å². The third-order valence-corrected chi connectivity index (χ3v) is 1.48. The average Bonchev–Trinajstić information content (AvgIpc) is 2.33. The van der Waals surface area contributed by atoms with Crippen LogP contribution in [0.25, 0.3) is 0 Å². The molecule has 1 aromatic rings. The molecule has 62 valence electrons. The van der Waals surface area contributed by atoms with Gasteiger partial charge in [-0.15, -0.1) is 0 Å². The van der Waals surface area contributed by atoms with Crippen molar-refractivity contribution in [3.8, 4) is 0 Å². The first-order chi connectivity index (χ1) is 5.13. The highest BCUT2D eigenvalue weighted by Gasteiger charge is 2.21. The van der Waals surface area contributed by atoms with Crippen LogP contribution in [0.1, 0.15) is 17.4 Å². The van der Waals surface area contributed by atoms with Crippen molar-refractivity contribution in [1.29, 1.82) is 0 Å². The van der Waals surface area contributed by atoms with Crippen LogP contribution in [-0.4, -0.2) is 6.43 Å². The molecule has 0 aliphatic carbocycles. The number of furan rings is 1. The van der Waals surface area contributed by atoms with E-state index < -0.39 is 12.5 Å². The summed E-state index contributed by atoms with van der Waals surface area (Å²) in [5, 5.41) is 0. The van der Waals surface area contributed by atoms with Crippen LogP contribution < -0.4 is 5.73 Å². The van der Waals surface area contributed by atoms with E-state index >= 15 is 0 Å². The van der Waals surface area contributed by atoms with Gasteiger partial charge in [-0.2, -0.15) is 0 Å². The van der Waals surface area contributed by atoms with Crippen LogP contribution in [0.4, 0.5) is 8.78 Å². The minimum Gasteiger partial charge on any atom is -0.467 e. The van der Waals surface area contributed by atoms with Crippen LogP contribution in [-0.2, 0) is 0 Å². The SMILES string of the molecule is Cc1ccoc1C(N)C(F)F. The molecule has 0 saturated carbocycles. The van der Waals surface area contributed by atoms with E-state index in [0.29, 0.717) is 5.56 Å². The summed E-state index contributed by atoms with van der Waals surface area (Å²) in [7, 11) is 0. The monoisotopic (exact) mass is 161 g/mol. The third-order valence-electron chi connectivity index (χ3n) is 1.48. The molecule has 1 rings (SSSR count). The highest BCUT2D eigenvalue weighted by Crippen LogP contribution is 2.21. The zero-order valence-corrected chi connectivity index (χ0v) is 6.05. The fourth-order valence-electron chi connectivity index (χ4n) is 0.840. The molecule has 0 aromatic carbocycles. The molecule has 1 aromatic heterocycles. The molecule has 2 N–H and O–H groups in total. The molecule has 0 spiro atoms. The Hall–Kier alpha value is -0.900. The Labute approximate surface area is 63.0 Å². The minimum absolute atomic E-state index is 0.167. The molecule has 1 atom stereocenters. The molecule has 0 aliphatic heterocycles. The van der Waals surface area contributed by atoms with Gasteiger partial charge in [0, 0.05) is 0 Å². The van der Waals surface area contributed by atoms with E-state index in [1.165, 1.54) is 6.26 Å². The molecule has 1 heterocycles. The molecule has 0 amide bonds. The van der Waals surface area contributed by atoms with Crippen LogP contribution in [0.3, 0.4) is 0 Å². The van der Waals surface area contributed by atoms with E-state index in [9.17, 15) is 8.78 Å². The number of halogens is 2. The zero-order chi connectivity index (χ0) is 8.43. The summed E-state index contributed by atoms with van der Waals surface area (Å²) in [5.74, 6) is 0.167. The van der Waals surface area contributed by atoms with Gasteiger partial charge in [0.1, 0.15) is 11.8 Å². The number of alkyl halides is 2. The Morgan fingerprint density at radius 3 is 2.55 bits per heavy atom. The van der Waals surface area contributed by atoms with Crippen LogP contribution in [0.2, 0.25) is 0 Å². The quantitative estimate of drug-likeness (QED) is 0.718. The van der Waals surface area contributed by atoms with Crippen molar-refractivity contribution < 1.29 is 13.2 Å². The number of hydrogen-bond donors (Lipinski definition) is 1. The molecule has 2 nitrogen and oxygen atoms in total. The summed E-state index contributed by atoms with van der Waals surface area (Å²) in [6.45, 7) is 1.68. The predicted octanol–water partition coefficient (Wildman–Crippen LogP) is 1.85. The van der Waals surface area contributed by atoms with Gasteiger partial charge < -0.3 is 10.2 Å². The molecule has 0 saturated heterocycles. The second-order valence-electron chi connectivity index (χ2n) is 2.33. The van der Waals surface area contributed by atoms with Crippen LogP contribution >= 0.6 is 0 Å². The van der Waals surface area contributed by atoms with Gasteiger partial charge in [-0.05, 0) is 18.6 Å². The number of nitrogens with two attached hydrogens (primary N) is 1. The zero-order valence-electron chi connectivity index (χ0n) is 6.05. The largest absolute Gasteiger partial charge is 0.467 e. The molecular formula is C7H9F2NO. The minimum atomic E-state index is -2.57. The summed E-state index contributed by atoms with van der Waals surface area (Å²) in [6, 6.07) is 0.308. The molecular weight excluding hydrogens is 152 g/mol. The van der Waals surface area contributed by atoms with Crippen molar-refractivity contribution in [2.75, 3.05) is 0 Å². The fourth-order valence-corrected chi connectivity index (χ4v) is 0.840. The van der Waals surface area contributed by atoms with E-state index in [1.54, 1.807) is 13.0 Å². The van der Waals surface area contributed by atoms with Gasteiger partial charge in [0.05, 0.1) is 6.26 Å². The first kappa shape index (κ1) is 8.20. The molecule has 0 aliphatic rings. The number of aryl methyl sites for hydroxylation is 1. The molecule has 0 fully saturated rings.